The van der Waals surface area contributed by atoms with E-state index in [1.165, 1.54) is 0 Å². The monoisotopic (exact) mass is 330 g/mol. The van der Waals surface area contributed by atoms with Crippen LogP contribution in [0.5, 0.6) is 0 Å². The first kappa shape index (κ1) is 17.0. The van der Waals surface area contributed by atoms with E-state index in [2.05, 4.69) is 5.32 Å². The second-order valence-corrected chi connectivity index (χ2v) is 7.02. The van der Waals surface area contributed by atoms with Crippen molar-refractivity contribution < 1.29 is 14.7 Å². The average Bonchev–Trinajstić information content (AvgIpc) is 3.44. The van der Waals surface area contributed by atoms with Crippen LogP contribution in [0, 0.1) is 18.8 Å². The first-order valence-corrected chi connectivity index (χ1v) is 8.86. The van der Waals surface area contributed by atoms with Crippen molar-refractivity contribution in [3.8, 4) is 0 Å². The maximum absolute atomic E-state index is 12.4. The molecule has 5 heteroatoms. The van der Waals surface area contributed by atoms with Crippen molar-refractivity contribution in [2.45, 2.75) is 38.7 Å². The molecule has 0 radical (unpaired) electrons. The Morgan fingerprint density at radius 1 is 1.25 bits per heavy atom. The van der Waals surface area contributed by atoms with Gasteiger partial charge in [0.05, 0.1) is 12.0 Å². The van der Waals surface area contributed by atoms with Gasteiger partial charge in [-0.25, -0.2) is 0 Å². The fraction of sp³-hybridized carbons (Fsp3) is 0.579. The molecule has 2 atom stereocenters. The van der Waals surface area contributed by atoms with Crippen LogP contribution in [0.25, 0.3) is 0 Å². The number of aryl methyl sites for hydroxylation is 1. The van der Waals surface area contributed by atoms with Crippen molar-refractivity contribution in [1.82, 2.24) is 10.2 Å². The molecule has 0 aromatic heterocycles. The average molecular weight is 330 g/mol. The van der Waals surface area contributed by atoms with Gasteiger partial charge in [-0.1, -0.05) is 24.3 Å². The molecule has 2 unspecified atom stereocenters. The highest BCUT2D eigenvalue weighted by atomic mass is 16.3. The number of carbonyl (C=O) groups excluding carboxylic acids is 2. The summed E-state index contributed by atoms with van der Waals surface area (Å²) in [5, 5.41) is 13.1. The summed E-state index contributed by atoms with van der Waals surface area (Å²) in [5.74, 6) is 0.198. The zero-order valence-electron chi connectivity index (χ0n) is 14.2. The molecule has 0 spiro atoms. The van der Waals surface area contributed by atoms with E-state index in [1.54, 1.807) is 0 Å². The molecule has 130 valence electrons. The van der Waals surface area contributed by atoms with Crippen molar-refractivity contribution in [2.24, 2.45) is 11.8 Å². The van der Waals surface area contributed by atoms with E-state index in [1.807, 2.05) is 36.1 Å². The summed E-state index contributed by atoms with van der Waals surface area (Å²) in [5.41, 5.74) is 1.85. The normalized spacial score (nSPS) is 22.1. The summed E-state index contributed by atoms with van der Waals surface area (Å²) in [6.07, 6.45) is 2.96. The molecule has 1 heterocycles. The SMILES string of the molecule is Cc1ccccc1C(O)CNC(=O)C1CCCN(C(=O)C2CC2)C1. The predicted octanol–water partition coefficient (Wildman–Crippen LogP) is 1.79. The number of piperidine rings is 1. The minimum absolute atomic E-state index is 0.0593. The summed E-state index contributed by atoms with van der Waals surface area (Å²) in [6.45, 7) is 3.44. The third kappa shape index (κ3) is 3.96. The van der Waals surface area contributed by atoms with E-state index >= 15 is 0 Å². The summed E-state index contributed by atoms with van der Waals surface area (Å²) in [4.78, 5) is 26.4. The van der Waals surface area contributed by atoms with Gasteiger partial charge in [0, 0.05) is 25.6 Å². The highest BCUT2D eigenvalue weighted by Crippen LogP contribution is 2.32. The number of carbonyl (C=O) groups is 2. The maximum atomic E-state index is 12.4. The molecule has 2 aliphatic rings. The molecule has 5 nitrogen and oxygen atoms in total. The van der Waals surface area contributed by atoms with Gasteiger partial charge in [-0.3, -0.25) is 9.59 Å². The minimum Gasteiger partial charge on any atom is -0.387 e. The zero-order valence-corrected chi connectivity index (χ0v) is 14.2. The number of aliphatic hydroxyl groups excluding tert-OH is 1. The molecule has 1 saturated heterocycles. The lowest BCUT2D eigenvalue weighted by Gasteiger charge is -2.32. The van der Waals surface area contributed by atoms with Gasteiger partial charge in [-0.15, -0.1) is 0 Å². The number of aliphatic hydroxyl groups is 1. The number of rotatable bonds is 5. The molecule has 2 N–H and O–H groups in total. The Hall–Kier alpha value is -1.88. The molecule has 1 aromatic rings. The number of benzene rings is 1. The van der Waals surface area contributed by atoms with E-state index in [0.717, 1.165) is 43.4 Å². The summed E-state index contributed by atoms with van der Waals surface area (Å²) in [6, 6.07) is 7.64. The summed E-state index contributed by atoms with van der Waals surface area (Å²) < 4.78 is 0. The van der Waals surface area contributed by atoms with Gasteiger partial charge in [0.1, 0.15) is 0 Å². The topological polar surface area (TPSA) is 69.6 Å². The van der Waals surface area contributed by atoms with E-state index < -0.39 is 6.10 Å². The Kier molecular flexibility index (Phi) is 5.19. The fourth-order valence-electron chi connectivity index (χ4n) is 3.39. The Labute approximate surface area is 143 Å². The third-order valence-electron chi connectivity index (χ3n) is 5.05. The maximum Gasteiger partial charge on any atom is 0.225 e. The number of nitrogens with one attached hydrogen (secondary N) is 1. The summed E-state index contributed by atoms with van der Waals surface area (Å²) >= 11 is 0. The largest absolute Gasteiger partial charge is 0.387 e. The van der Waals surface area contributed by atoms with Crippen LogP contribution >= 0.6 is 0 Å². The second-order valence-electron chi connectivity index (χ2n) is 7.02. The van der Waals surface area contributed by atoms with Crippen LogP contribution < -0.4 is 5.32 Å². The van der Waals surface area contributed by atoms with Crippen molar-refractivity contribution in [2.75, 3.05) is 19.6 Å². The molecular weight excluding hydrogens is 304 g/mol. The molecule has 2 amide bonds. The standard InChI is InChI=1S/C19H26N2O3/c1-13-5-2-3-7-16(13)17(22)11-20-18(23)15-6-4-10-21(12-15)19(24)14-8-9-14/h2-3,5,7,14-15,17,22H,4,6,8-12H2,1H3,(H,20,23). The van der Waals surface area contributed by atoms with Crippen LogP contribution in [0.1, 0.15) is 42.9 Å². The Morgan fingerprint density at radius 3 is 2.71 bits per heavy atom. The molecule has 1 aromatic carbocycles. The van der Waals surface area contributed by atoms with Crippen LogP contribution in [0.15, 0.2) is 24.3 Å². The van der Waals surface area contributed by atoms with E-state index in [9.17, 15) is 14.7 Å². The van der Waals surface area contributed by atoms with Gasteiger partial charge in [-0.05, 0) is 43.7 Å². The van der Waals surface area contributed by atoms with E-state index in [0.29, 0.717) is 6.54 Å². The van der Waals surface area contributed by atoms with Gasteiger partial charge < -0.3 is 15.3 Å². The minimum atomic E-state index is -0.706. The molecule has 1 aliphatic carbocycles. The van der Waals surface area contributed by atoms with Gasteiger partial charge in [0.25, 0.3) is 0 Å². The lowest BCUT2D eigenvalue weighted by molar-refractivity contribution is -0.136. The number of amides is 2. The lowest BCUT2D eigenvalue weighted by atomic mass is 9.96. The van der Waals surface area contributed by atoms with Gasteiger partial charge in [0.2, 0.25) is 11.8 Å². The number of nitrogens with zero attached hydrogens (tertiary/aromatic N) is 1. The Morgan fingerprint density at radius 2 is 2.00 bits per heavy atom. The first-order chi connectivity index (χ1) is 11.6. The molecule has 1 saturated carbocycles. The molecule has 0 bridgehead atoms. The number of likely N-dealkylation sites (tertiary alicyclic amines) is 1. The van der Waals surface area contributed by atoms with Crippen LogP contribution in [-0.4, -0.2) is 41.5 Å². The van der Waals surface area contributed by atoms with E-state index in [-0.39, 0.29) is 30.2 Å². The smallest absolute Gasteiger partial charge is 0.225 e. The van der Waals surface area contributed by atoms with Crippen LogP contribution in [0.2, 0.25) is 0 Å². The Bertz CT molecular complexity index is 612. The first-order valence-electron chi connectivity index (χ1n) is 8.86. The Balaban J connectivity index is 1.51. The van der Waals surface area contributed by atoms with Crippen LogP contribution in [0.4, 0.5) is 0 Å². The molecule has 3 rings (SSSR count). The highest BCUT2D eigenvalue weighted by Gasteiger charge is 2.36. The van der Waals surface area contributed by atoms with Gasteiger partial charge >= 0.3 is 0 Å². The number of hydrogen-bond acceptors (Lipinski definition) is 3. The molecular formula is C19H26N2O3. The third-order valence-corrected chi connectivity index (χ3v) is 5.05. The fourth-order valence-corrected chi connectivity index (χ4v) is 3.39. The van der Waals surface area contributed by atoms with Gasteiger partial charge in [-0.2, -0.15) is 0 Å². The van der Waals surface area contributed by atoms with Crippen molar-refractivity contribution in [1.29, 1.82) is 0 Å². The van der Waals surface area contributed by atoms with E-state index in [4.69, 9.17) is 0 Å². The molecule has 24 heavy (non-hydrogen) atoms. The number of hydrogen-bond donors (Lipinski definition) is 2. The summed E-state index contributed by atoms with van der Waals surface area (Å²) in [7, 11) is 0. The lowest BCUT2D eigenvalue weighted by Crippen LogP contribution is -2.46. The second kappa shape index (κ2) is 7.34. The highest BCUT2D eigenvalue weighted by molar-refractivity contribution is 5.83. The quantitative estimate of drug-likeness (QED) is 0.865. The molecule has 1 aliphatic heterocycles. The molecule has 2 fully saturated rings. The van der Waals surface area contributed by atoms with Gasteiger partial charge in [0.15, 0.2) is 0 Å². The predicted molar refractivity (Wildman–Crippen MR) is 91.2 cm³/mol. The van der Waals surface area contributed by atoms with Crippen molar-refractivity contribution in [3.63, 3.8) is 0 Å². The van der Waals surface area contributed by atoms with Crippen LogP contribution in [-0.2, 0) is 9.59 Å². The zero-order chi connectivity index (χ0) is 17.1. The van der Waals surface area contributed by atoms with Crippen molar-refractivity contribution in [3.05, 3.63) is 35.4 Å². The van der Waals surface area contributed by atoms with Crippen LogP contribution in [0.3, 0.4) is 0 Å². The van der Waals surface area contributed by atoms with Crippen molar-refractivity contribution >= 4 is 11.8 Å².